The molecule has 0 bridgehead atoms. The minimum Gasteiger partial charge on any atom is -0.355 e. The van der Waals surface area contributed by atoms with Crippen LogP contribution in [0, 0.1) is 0 Å². The molecule has 2 aromatic heterocycles. The molecule has 1 saturated heterocycles. The summed E-state index contributed by atoms with van der Waals surface area (Å²) in [6.45, 7) is 3.81. The number of aryl methyl sites for hydroxylation is 2. The Morgan fingerprint density at radius 2 is 2.18 bits per heavy atom. The molecule has 3 heterocycles. The number of hydrogen-bond donors (Lipinski definition) is 0. The Morgan fingerprint density at radius 3 is 2.93 bits per heavy atom. The molecule has 0 amide bonds. The second-order valence-electron chi connectivity index (χ2n) is 6.79. The van der Waals surface area contributed by atoms with Gasteiger partial charge in [-0.05, 0) is 30.9 Å². The minimum absolute atomic E-state index is 0.0623. The lowest BCUT2D eigenvalue weighted by molar-refractivity contribution is -0.130. The first-order chi connectivity index (χ1) is 13.7. The zero-order chi connectivity index (χ0) is 19.3. The van der Waals surface area contributed by atoms with Crippen LogP contribution >= 0.6 is 23.1 Å². The Balaban J connectivity index is 1.62. The standard InChI is InChI=1S/C21H24N2O3S2/c1-2-17-12-18-19(28-17)22-21(27-13-16-9-11-25-14-26-16)23(20(18)24)10-8-15-6-4-3-5-7-15/h3-7,12,16H,2,8-11,13-14H2,1H3/t16-/m1/s1. The summed E-state index contributed by atoms with van der Waals surface area (Å²) in [5.41, 5.74) is 1.28. The third-order valence-corrected chi connectivity index (χ3v) is 7.13. The van der Waals surface area contributed by atoms with Crippen molar-refractivity contribution in [3.63, 3.8) is 0 Å². The predicted molar refractivity (Wildman–Crippen MR) is 114 cm³/mol. The number of benzene rings is 1. The Bertz CT molecular complexity index is 978. The zero-order valence-electron chi connectivity index (χ0n) is 15.9. The predicted octanol–water partition coefficient (Wildman–Crippen LogP) is 4.12. The number of fused-ring (bicyclic) bond motifs is 1. The second kappa shape index (κ2) is 9.22. The Labute approximate surface area is 172 Å². The van der Waals surface area contributed by atoms with Crippen LogP contribution in [0.2, 0.25) is 0 Å². The van der Waals surface area contributed by atoms with Gasteiger partial charge in [0, 0.05) is 17.2 Å². The van der Waals surface area contributed by atoms with E-state index in [9.17, 15) is 4.79 Å². The van der Waals surface area contributed by atoms with E-state index in [1.807, 2.05) is 28.8 Å². The highest BCUT2D eigenvalue weighted by molar-refractivity contribution is 7.99. The third-order valence-electron chi connectivity index (χ3n) is 4.85. The SMILES string of the molecule is CCc1cc2c(=O)n(CCc3ccccc3)c(SC[C@H]3CCOCO3)nc2s1. The first-order valence-electron chi connectivity index (χ1n) is 9.64. The first kappa shape index (κ1) is 19.6. The van der Waals surface area contributed by atoms with Gasteiger partial charge in [0.1, 0.15) is 11.6 Å². The number of rotatable bonds is 7. The molecular formula is C21H24N2O3S2. The quantitative estimate of drug-likeness (QED) is 0.428. The largest absolute Gasteiger partial charge is 0.355 e. The van der Waals surface area contributed by atoms with Crippen molar-refractivity contribution in [2.75, 3.05) is 19.2 Å². The number of aromatic nitrogens is 2. The molecule has 0 spiro atoms. The van der Waals surface area contributed by atoms with Crippen LogP contribution in [0.4, 0.5) is 0 Å². The van der Waals surface area contributed by atoms with Crippen molar-refractivity contribution in [2.24, 2.45) is 0 Å². The van der Waals surface area contributed by atoms with Gasteiger partial charge in [-0.2, -0.15) is 0 Å². The average Bonchev–Trinajstić information content (AvgIpc) is 3.17. The molecule has 0 aliphatic carbocycles. The van der Waals surface area contributed by atoms with Crippen LogP contribution in [-0.2, 0) is 28.9 Å². The molecule has 28 heavy (non-hydrogen) atoms. The highest BCUT2D eigenvalue weighted by Gasteiger charge is 2.18. The summed E-state index contributed by atoms with van der Waals surface area (Å²) < 4.78 is 12.7. The summed E-state index contributed by atoms with van der Waals surface area (Å²) in [5, 5.41) is 1.52. The highest BCUT2D eigenvalue weighted by Crippen LogP contribution is 2.26. The molecule has 0 N–H and O–H groups in total. The summed E-state index contributed by atoms with van der Waals surface area (Å²) in [7, 11) is 0. The van der Waals surface area contributed by atoms with Crippen LogP contribution in [0.5, 0.6) is 0 Å². The number of hydrogen-bond acceptors (Lipinski definition) is 6. The van der Waals surface area contributed by atoms with Gasteiger partial charge in [0.2, 0.25) is 0 Å². The van der Waals surface area contributed by atoms with Gasteiger partial charge in [-0.1, -0.05) is 49.0 Å². The molecule has 0 radical (unpaired) electrons. The Kier molecular flexibility index (Phi) is 6.47. The lowest BCUT2D eigenvalue weighted by atomic mass is 10.1. The summed E-state index contributed by atoms with van der Waals surface area (Å²) in [4.78, 5) is 20.1. The van der Waals surface area contributed by atoms with Crippen LogP contribution < -0.4 is 5.56 Å². The monoisotopic (exact) mass is 416 g/mol. The van der Waals surface area contributed by atoms with Crippen LogP contribution in [0.3, 0.4) is 0 Å². The van der Waals surface area contributed by atoms with Gasteiger partial charge in [-0.15, -0.1) is 11.3 Å². The van der Waals surface area contributed by atoms with Crippen molar-refractivity contribution in [1.82, 2.24) is 9.55 Å². The van der Waals surface area contributed by atoms with E-state index in [0.717, 1.165) is 47.0 Å². The van der Waals surface area contributed by atoms with Gasteiger partial charge in [0.15, 0.2) is 5.16 Å². The molecule has 1 fully saturated rings. The van der Waals surface area contributed by atoms with Crippen molar-refractivity contribution in [3.8, 4) is 0 Å². The molecule has 1 aromatic carbocycles. The molecule has 148 valence electrons. The molecular weight excluding hydrogens is 392 g/mol. The molecule has 5 nitrogen and oxygen atoms in total. The molecule has 1 aliphatic heterocycles. The summed E-state index contributed by atoms with van der Waals surface area (Å²) >= 11 is 3.23. The molecule has 0 saturated carbocycles. The second-order valence-corrected chi connectivity index (χ2v) is 8.89. The van der Waals surface area contributed by atoms with Gasteiger partial charge in [-0.25, -0.2) is 4.98 Å². The molecule has 1 aliphatic rings. The zero-order valence-corrected chi connectivity index (χ0v) is 17.6. The van der Waals surface area contributed by atoms with Gasteiger partial charge in [0.25, 0.3) is 5.56 Å². The van der Waals surface area contributed by atoms with Crippen molar-refractivity contribution < 1.29 is 9.47 Å². The fourth-order valence-electron chi connectivity index (χ4n) is 3.21. The van der Waals surface area contributed by atoms with Crippen LogP contribution in [0.1, 0.15) is 23.8 Å². The van der Waals surface area contributed by atoms with Gasteiger partial charge in [0.05, 0.1) is 18.1 Å². The fraction of sp³-hybridized carbons (Fsp3) is 0.429. The number of ether oxygens (including phenoxy) is 2. The van der Waals surface area contributed by atoms with Crippen molar-refractivity contribution in [1.29, 1.82) is 0 Å². The lowest BCUT2D eigenvalue weighted by Gasteiger charge is -2.22. The smallest absolute Gasteiger partial charge is 0.262 e. The topological polar surface area (TPSA) is 53.4 Å². The van der Waals surface area contributed by atoms with Crippen LogP contribution in [0.25, 0.3) is 10.2 Å². The maximum absolute atomic E-state index is 13.2. The van der Waals surface area contributed by atoms with E-state index in [2.05, 4.69) is 19.1 Å². The van der Waals surface area contributed by atoms with Crippen molar-refractivity contribution in [2.45, 2.75) is 44.0 Å². The Morgan fingerprint density at radius 1 is 1.32 bits per heavy atom. The molecule has 3 aromatic rings. The van der Waals surface area contributed by atoms with E-state index in [-0.39, 0.29) is 11.7 Å². The number of thiophene rings is 1. The fourth-order valence-corrected chi connectivity index (χ4v) is 5.31. The van der Waals surface area contributed by atoms with E-state index in [0.29, 0.717) is 13.3 Å². The number of nitrogens with zero attached hydrogens (tertiary/aromatic N) is 2. The van der Waals surface area contributed by atoms with E-state index in [4.69, 9.17) is 14.5 Å². The minimum atomic E-state index is 0.0623. The van der Waals surface area contributed by atoms with Gasteiger partial charge in [-0.3, -0.25) is 9.36 Å². The van der Waals surface area contributed by atoms with Crippen LogP contribution in [0.15, 0.2) is 46.3 Å². The maximum Gasteiger partial charge on any atom is 0.262 e. The van der Waals surface area contributed by atoms with E-state index >= 15 is 0 Å². The molecule has 4 rings (SSSR count). The Hall–Kier alpha value is -1.67. The lowest BCUT2D eigenvalue weighted by Crippen LogP contribution is -2.27. The van der Waals surface area contributed by atoms with E-state index in [1.165, 1.54) is 10.4 Å². The molecule has 7 heteroatoms. The number of thioether (sulfide) groups is 1. The van der Waals surface area contributed by atoms with E-state index in [1.54, 1.807) is 23.1 Å². The summed E-state index contributed by atoms with van der Waals surface area (Å²) in [6.07, 6.45) is 2.74. The first-order valence-corrected chi connectivity index (χ1v) is 11.4. The normalized spacial score (nSPS) is 17.2. The van der Waals surface area contributed by atoms with Gasteiger partial charge >= 0.3 is 0 Å². The highest BCUT2D eigenvalue weighted by atomic mass is 32.2. The molecule has 0 unspecified atom stereocenters. The summed E-state index contributed by atoms with van der Waals surface area (Å²) in [6, 6.07) is 12.3. The molecule has 1 atom stereocenters. The van der Waals surface area contributed by atoms with Crippen LogP contribution in [-0.4, -0.2) is 34.8 Å². The third kappa shape index (κ3) is 4.49. The maximum atomic E-state index is 13.2. The van der Waals surface area contributed by atoms with Crippen molar-refractivity contribution in [3.05, 3.63) is 57.2 Å². The average molecular weight is 417 g/mol. The summed E-state index contributed by atoms with van der Waals surface area (Å²) in [5.74, 6) is 0.776. The van der Waals surface area contributed by atoms with Crippen molar-refractivity contribution >= 4 is 33.3 Å². The van der Waals surface area contributed by atoms with Gasteiger partial charge < -0.3 is 9.47 Å². The van der Waals surface area contributed by atoms with E-state index < -0.39 is 0 Å².